The molecule has 2 heterocycles. The minimum Gasteiger partial charge on any atom is -0.508 e. The second-order valence-corrected chi connectivity index (χ2v) is 11.8. The maximum Gasteiger partial charge on any atom is 0.460 e. The van der Waals surface area contributed by atoms with Crippen molar-refractivity contribution in [2.45, 2.75) is 64.0 Å². The van der Waals surface area contributed by atoms with Gasteiger partial charge in [-0.25, -0.2) is 9.36 Å². The normalized spacial score (nSPS) is 20.0. The van der Waals surface area contributed by atoms with Crippen molar-refractivity contribution < 1.29 is 37.4 Å². The van der Waals surface area contributed by atoms with Crippen molar-refractivity contribution in [3.63, 3.8) is 0 Å². The number of aliphatic hydroxyl groups excluding tert-OH is 1. The second kappa shape index (κ2) is 10.8. The second-order valence-electron chi connectivity index (χ2n) is 10.2. The van der Waals surface area contributed by atoms with Gasteiger partial charge in [0.05, 0.1) is 18.7 Å². The summed E-state index contributed by atoms with van der Waals surface area (Å²) in [6.45, 7) is 4.80. The fourth-order valence-corrected chi connectivity index (χ4v) is 6.37. The molecule has 12 nitrogen and oxygen atoms in total. The first kappa shape index (κ1) is 28.6. The van der Waals surface area contributed by atoms with E-state index in [1.54, 1.807) is 38.1 Å². The van der Waals surface area contributed by atoms with Gasteiger partial charge in [0.1, 0.15) is 23.2 Å². The van der Waals surface area contributed by atoms with Crippen LogP contribution in [0.2, 0.25) is 0 Å². The van der Waals surface area contributed by atoms with Gasteiger partial charge in [-0.1, -0.05) is 36.4 Å². The highest BCUT2D eigenvalue weighted by atomic mass is 31.2. The van der Waals surface area contributed by atoms with E-state index in [9.17, 15) is 28.4 Å². The predicted octanol–water partition coefficient (Wildman–Crippen LogP) is 4.18. The van der Waals surface area contributed by atoms with Gasteiger partial charge in [-0.2, -0.15) is 9.48 Å². The Morgan fingerprint density at radius 3 is 2.61 bits per heavy atom. The highest BCUT2D eigenvalue weighted by Crippen LogP contribution is 2.61. The average Bonchev–Trinajstić information content (AvgIpc) is 3.56. The molecule has 1 aliphatic carbocycles. The quantitative estimate of drug-likeness (QED) is 0.231. The predicted molar refractivity (Wildman–Crippen MR) is 145 cm³/mol. The summed E-state index contributed by atoms with van der Waals surface area (Å²) in [5.41, 5.74) is -3.56. The molecule has 1 aromatic heterocycles. The molecule has 0 amide bonds. The van der Waals surface area contributed by atoms with Crippen LogP contribution in [0, 0.1) is 5.82 Å². The average molecular weight is 590 g/mol. The number of H-pyrrole nitrogens is 1. The van der Waals surface area contributed by atoms with E-state index in [2.05, 4.69) is 5.09 Å². The van der Waals surface area contributed by atoms with Crippen LogP contribution in [0.25, 0.3) is 10.8 Å². The van der Waals surface area contributed by atoms with Gasteiger partial charge in [-0.3, -0.25) is 23.7 Å². The number of fused-ring (bicyclic) bond motifs is 1. The number of nitrogens with one attached hydrogen (secondary N) is 2. The highest BCUT2D eigenvalue weighted by Gasteiger charge is 2.58. The maximum atomic E-state index is 14.4. The number of aliphatic hydroxyl groups is 1. The Kier molecular flexibility index (Phi) is 7.54. The van der Waals surface area contributed by atoms with Crippen molar-refractivity contribution in [1.82, 2.24) is 14.6 Å². The number of esters is 1. The molecule has 3 atom stereocenters. The maximum absolute atomic E-state index is 14.4. The van der Waals surface area contributed by atoms with Gasteiger partial charge >= 0.3 is 19.4 Å². The molecule has 0 unspecified atom stereocenters. The van der Waals surface area contributed by atoms with E-state index in [-0.39, 0.29) is 36.5 Å². The Hall–Kier alpha value is -3.93. The number of rotatable bonds is 10. The SMILES string of the molecule is CC(C)OC(=O)[C@H](C)N[P@](=O)(Oc1cccc2ccccc12)OC1(C2=C(O)C[C@H](n3cc(F)c(=O)[nH]c3=O)O2)CC1. The topological polar surface area (TPSA) is 158 Å². The van der Waals surface area contributed by atoms with Gasteiger partial charge in [-0.05, 0) is 45.1 Å². The number of aromatic nitrogens is 2. The van der Waals surface area contributed by atoms with E-state index in [1.807, 2.05) is 23.2 Å². The summed E-state index contributed by atoms with van der Waals surface area (Å²) in [7, 11) is -4.40. The molecule has 3 N–H and O–H groups in total. The molecule has 0 radical (unpaired) electrons. The van der Waals surface area contributed by atoms with Crippen LogP contribution >= 0.6 is 7.75 Å². The third kappa shape index (κ3) is 5.92. The lowest BCUT2D eigenvalue weighted by molar-refractivity contribution is -0.149. The molecule has 218 valence electrons. The number of hydrogen-bond donors (Lipinski definition) is 3. The van der Waals surface area contributed by atoms with Crippen molar-refractivity contribution in [2.24, 2.45) is 0 Å². The smallest absolute Gasteiger partial charge is 0.460 e. The van der Waals surface area contributed by atoms with E-state index >= 15 is 0 Å². The van der Waals surface area contributed by atoms with Crippen molar-refractivity contribution >= 4 is 24.5 Å². The van der Waals surface area contributed by atoms with Crippen molar-refractivity contribution in [3.05, 3.63) is 86.8 Å². The number of benzene rings is 2. The molecular formula is C27H29FN3O9P. The molecule has 5 rings (SSSR count). The van der Waals surface area contributed by atoms with Gasteiger partial charge in [0.25, 0.3) is 5.56 Å². The molecule has 41 heavy (non-hydrogen) atoms. The zero-order valence-corrected chi connectivity index (χ0v) is 23.4. The van der Waals surface area contributed by atoms with Crippen LogP contribution < -0.4 is 20.9 Å². The monoisotopic (exact) mass is 589 g/mol. The van der Waals surface area contributed by atoms with Crippen LogP contribution in [-0.2, 0) is 23.4 Å². The van der Waals surface area contributed by atoms with E-state index < -0.39 is 54.8 Å². The van der Waals surface area contributed by atoms with Crippen molar-refractivity contribution in [1.29, 1.82) is 0 Å². The fourth-order valence-electron chi connectivity index (χ4n) is 4.51. The molecule has 1 fully saturated rings. The van der Waals surface area contributed by atoms with Crippen LogP contribution in [0.1, 0.15) is 46.3 Å². The molecule has 2 aliphatic rings. The molecule has 3 aromatic rings. The fraction of sp³-hybridized carbons (Fsp3) is 0.370. The zero-order chi connectivity index (χ0) is 29.5. The Balaban J connectivity index is 1.45. The Labute approximate surface area is 233 Å². The number of aromatic amines is 1. The van der Waals surface area contributed by atoms with Crippen LogP contribution in [-0.4, -0.2) is 38.4 Å². The largest absolute Gasteiger partial charge is 0.508 e. The van der Waals surface area contributed by atoms with Crippen LogP contribution in [0.15, 0.2) is 69.8 Å². The van der Waals surface area contributed by atoms with Crippen LogP contribution in [0.5, 0.6) is 5.75 Å². The summed E-state index contributed by atoms with van der Waals surface area (Å²) in [5, 5.41) is 14.9. The molecule has 0 saturated heterocycles. The third-order valence-electron chi connectivity index (χ3n) is 6.56. The summed E-state index contributed by atoms with van der Waals surface area (Å²) in [6, 6.07) is 11.3. The Morgan fingerprint density at radius 1 is 1.20 bits per heavy atom. The lowest BCUT2D eigenvalue weighted by Crippen LogP contribution is -2.37. The van der Waals surface area contributed by atoms with Gasteiger partial charge in [0, 0.05) is 5.39 Å². The first-order chi connectivity index (χ1) is 19.4. The highest BCUT2D eigenvalue weighted by molar-refractivity contribution is 7.52. The lowest BCUT2D eigenvalue weighted by atomic mass is 10.1. The summed E-state index contributed by atoms with van der Waals surface area (Å²) in [5.74, 6) is -2.10. The molecule has 1 aliphatic heterocycles. The van der Waals surface area contributed by atoms with Gasteiger partial charge in [0.2, 0.25) is 5.82 Å². The van der Waals surface area contributed by atoms with Crippen LogP contribution in [0.4, 0.5) is 4.39 Å². The summed E-state index contributed by atoms with van der Waals surface area (Å²) in [6.07, 6.45) is -0.679. The van der Waals surface area contributed by atoms with Gasteiger partial charge < -0.3 is 19.1 Å². The minimum atomic E-state index is -4.40. The molecule has 0 spiro atoms. The van der Waals surface area contributed by atoms with E-state index in [4.69, 9.17) is 18.5 Å². The molecule has 0 bridgehead atoms. The third-order valence-corrected chi connectivity index (χ3v) is 8.29. The Morgan fingerprint density at radius 2 is 1.90 bits per heavy atom. The number of carbonyl (C=O) groups excluding carboxylic acids is 1. The van der Waals surface area contributed by atoms with Gasteiger partial charge in [-0.15, -0.1) is 0 Å². The number of ether oxygens (including phenoxy) is 2. The van der Waals surface area contributed by atoms with Crippen molar-refractivity contribution in [2.75, 3.05) is 0 Å². The summed E-state index contributed by atoms with van der Waals surface area (Å²) >= 11 is 0. The van der Waals surface area contributed by atoms with Crippen molar-refractivity contribution in [3.8, 4) is 5.75 Å². The molecule has 2 aromatic carbocycles. The van der Waals surface area contributed by atoms with Gasteiger partial charge in [0.15, 0.2) is 12.0 Å². The van der Waals surface area contributed by atoms with E-state index in [1.165, 1.54) is 6.92 Å². The summed E-state index contributed by atoms with van der Waals surface area (Å²) in [4.78, 5) is 38.1. The first-order valence-electron chi connectivity index (χ1n) is 13.0. The molecular weight excluding hydrogens is 560 g/mol. The lowest BCUT2D eigenvalue weighted by Gasteiger charge is -2.28. The minimum absolute atomic E-state index is 0.109. The number of hydrogen-bond acceptors (Lipinski definition) is 9. The molecule has 1 saturated carbocycles. The number of carbonyl (C=O) groups is 1. The molecule has 14 heteroatoms. The number of nitrogens with zero attached hydrogens (tertiary/aromatic N) is 1. The number of halogens is 1. The van der Waals surface area contributed by atoms with E-state index in [0.29, 0.717) is 11.6 Å². The zero-order valence-electron chi connectivity index (χ0n) is 22.5. The van der Waals surface area contributed by atoms with Crippen LogP contribution in [0.3, 0.4) is 0 Å². The first-order valence-corrected chi connectivity index (χ1v) is 14.5. The standard InChI is InChI=1S/C27H29FN3O9P/c1-15(2)37-25(34)16(3)30-41(36,39-21-10-6-8-17-7-4-5-9-18(17)21)40-27(11-12-27)23-20(32)13-22(38-23)31-14-19(28)24(33)29-26(31)35/h4-10,14-16,22,32H,11-13H2,1-3H3,(H,30,36)(H,29,33,35)/t16-,22+,41-/m0/s1. The Bertz CT molecular complexity index is 1690. The summed E-state index contributed by atoms with van der Waals surface area (Å²) < 4.78 is 52.2. The van der Waals surface area contributed by atoms with E-state index in [0.717, 1.165) is 9.95 Å².